The summed E-state index contributed by atoms with van der Waals surface area (Å²) < 4.78 is 21.8. The van der Waals surface area contributed by atoms with Crippen LogP contribution in [0.25, 0.3) is 0 Å². The third-order valence-corrected chi connectivity index (χ3v) is 5.83. The van der Waals surface area contributed by atoms with Gasteiger partial charge in [0.05, 0.1) is 13.7 Å². The van der Waals surface area contributed by atoms with Crippen LogP contribution in [0.4, 0.5) is 0 Å². The fourth-order valence-electron chi connectivity index (χ4n) is 4.05. The number of esters is 1. The Morgan fingerprint density at radius 3 is 2.88 bits per heavy atom. The van der Waals surface area contributed by atoms with Crippen molar-refractivity contribution in [3.05, 3.63) is 17.2 Å². The highest BCUT2D eigenvalue weighted by atomic mass is 16.7. The lowest BCUT2D eigenvalue weighted by atomic mass is 9.79. The smallest absolute Gasteiger partial charge is 0.319 e. The van der Waals surface area contributed by atoms with Crippen LogP contribution in [0.2, 0.25) is 0 Å². The van der Waals surface area contributed by atoms with Crippen LogP contribution in [-0.2, 0) is 20.7 Å². The van der Waals surface area contributed by atoms with Gasteiger partial charge in [0.2, 0.25) is 12.5 Å². The second kappa shape index (κ2) is 6.16. The zero-order chi connectivity index (χ0) is 18.5. The molecule has 0 aromatic heterocycles. The van der Waals surface area contributed by atoms with E-state index < -0.39 is 11.4 Å². The molecule has 1 fully saturated rings. The molecule has 2 atom stereocenters. The summed E-state index contributed by atoms with van der Waals surface area (Å²) in [4.78, 5) is 27.2. The van der Waals surface area contributed by atoms with Gasteiger partial charge in [-0.2, -0.15) is 0 Å². The molecule has 3 aliphatic rings. The zero-order valence-electron chi connectivity index (χ0n) is 15.3. The summed E-state index contributed by atoms with van der Waals surface area (Å²) in [5.74, 6) is 1.38. The van der Waals surface area contributed by atoms with Gasteiger partial charge in [0.15, 0.2) is 17.3 Å². The molecule has 1 saturated heterocycles. The Labute approximate surface area is 152 Å². The Hall–Kier alpha value is -2.28. The van der Waals surface area contributed by atoms with Gasteiger partial charge in [-0.3, -0.25) is 14.5 Å². The average Bonchev–Trinajstić information content (AvgIpc) is 3.22. The molecular formula is C19H23NO6. The largest absolute Gasteiger partial charge is 0.492 e. The van der Waals surface area contributed by atoms with Crippen molar-refractivity contribution >= 4 is 11.8 Å². The lowest BCUT2D eigenvalue weighted by Gasteiger charge is -2.36. The van der Waals surface area contributed by atoms with Crippen LogP contribution in [0.5, 0.6) is 17.2 Å². The van der Waals surface area contributed by atoms with E-state index in [1.807, 2.05) is 13.1 Å². The van der Waals surface area contributed by atoms with Gasteiger partial charge >= 0.3 is 5.97 Å². The lowest BCUT2D eigenvalue weighted by molar-refractivity contribution is -0.150. The van der Waals surface area contributed by atoms with Crippen molar-refractivity contribution in [2.75, 3.05) is 34.1 Å². The topological polar surface area (TPSA) is 74.3 Å². The predicted octanol–water partition coefficient (Wildman–Crippen LogP) is 1.87. The molecule has 7 heteroatoms. The Morgan fingerprint density at radius 1 is 1.38 bits per heavy atom. The van der Waals surface area contributed by atoms with Gasteiger partial charge in [0.1, 0.15) is 5.41 Å². The number of fused-ring (bicyclic) bond motifs is 2. The molecule has 1 aromatic carbocycles. The summed E-state index contributed by atoms with van der Waals surface area (Å²) in [6.45, 7) is 2.97. The van der Waals surface area contributed by atoms with Gasteiger partial charge < -0.3 is 18.9 Å². The Bertz CT molecular complexity index is 776. The highest BCUT2D eigenvalue weighted by Gasteiger charge is 2.48. The lowest BCUT2D eigenvalue weighted by Crippen LogP contribution is -2.39. The second-order valence-corrected chi connectivity index (χ2v) is 7.31. The number of likely N-dealkylation sites (N-methyl/N-ethyl adjacent to an activating group) is 1. The van der Waals surface area contributed by atoms with E-state index in [4.69, 9.17) is 18.9 Å². The van der Waals surface area contributed by atoms with Gasteiger partial charge in [-0.05, 0) is 32.0 Å². The molecule has 7 nitrogen and oxygen atoms in total. The summed E-state index contributed by atoms with van der Waals surface area (Å²) in [6, 6.07) is 1.80. The molecular weight excluding hydrogens is 338 g/mol. The van der Waals surface area contributed by atoms with Crippen molar-refractivity contribution in [2.24, 2.45) is 5.41 Å². The van der Waals surface area contributed by atoms with E-state index in [9.17, 15) is 9.59 Å². The van der Waals surface area contributed by atoms with Crippen LogP contribution in [0, 0.1) is 5.41 Å². The molecule has 3 heterocycles. The molecule has 3 aliphatic heterocycles. The quantitative estimate of drug-likeness (QED) is 0.599. The molecule has 0 bridgehead atoms. The molecule has 26 heavy (non-hydrogen) atoms. The number of ether oxygens (including phenoxy) is 4. The number of Topliss-reactive ketones (excluding diaryl/α,β-unsaturated/α-hetero) is 1. The molecule has 4 rings (SSSR count). The number of methoxy groups -OCH3 is 1. The van der Waals surface area contributed by atoms with Crippen molar-refractivity contribution in [3.8, 4) is 17.2 Å². The van der Waals surface area contributed by atoms with Crippen LogP contribution in [0.15, 0.2) is 6.07 Å². The van der Waals surface area contributed by atoms with Gasteiger partial charge in [-0.25, -0.2) is 0 Å². The van der Waals surface area contributed by atoms with Crippen LogP contribution >= 0.6 is 0 Å². The van der Waals surface area contributed by atoms with Crippen molar-refractivity contribution in [1.82, 2.24) is 4.90 Å². The van der Waals surface area contributed by atoms with Crippen molar-refractivity contribution in [2.45, 2.75) is 32.2 Å². The maximum absolute atomic E-state index is 13.0. The average molecular weight is 361 g/mol. The molecule has 1 aromatic rings. The molecule has 0 saturated carbocycles. The summed E-state index contributed by atoms with van der Waals surface area (Å²) >= 11 is 0. The van der Waals surface area contributed by atoms with Crippen LogP contribution < -0.4 is 14.2 Å². The molecule has 140 valence electrons. The van der Waals surface area contributed by atoms with Crippen LogP contribution in [0.1, 0.15) is 36.9 Å². The summed E-state index contributed by atoms with van der Waals surface area (Å²) in [7, 11) is 3.58. The highest BCUT2D eigenvalue weighted by Crippen LogP contribution is 2.50. The number of carbonyl (C=O) groups is 2. The number of ketones is 1. The first kappa shape index (κ1) is 17.1. The maximum atomic E-state index is 13.0. The first-order valence-corrected chi connectivity index (χ1v) is 8.86. The van der Waals surface area contributed by atoms with Crippen LogP contribution in [0.3, 0.4) is 0 Å². The maximum Gasteiger partial charge on any atom is 0.319 e. The van der Waals surface area contributed by atoms with Gasteiger partial charge in [-0.1, -0.05) is 0 Å². The third kappa shape index (κ3) is 2.45. The van der Waals surface area contributed by atoms with Crippen molar-refractivity contribution in [1.29, 1.82) is 0 Å². The van der Waals surface area contributed by atoms with E-state index >= 15 is 0 Å². The van der Waals surface area contributed by atoms with E-state index in [1.54, 1.807) is 14.0 Å². The summed E-state index contributed by atoms with van der Waals surface area (Å²) in [6.07, 6.45) is 1.50. The molecule has 0 spiro atoms. The van der Waals surface area contributed by atoms with Crippen LogP contribution in [-0.4, -0.2) is 50.8 Å². The normalized spacial score (nSPS) is 27.2. The van der Waals surface area contributed by atoms with E-state index in [2.05, 4.69) is 4.90 Å². The van der Waals surface area contributed by atoms with Crippen molar-refractivity contribution < 1.29 is 28.5 Å². The standard InChI is InChI=1S/C19H23NO6/c1-19(5-7-24-18(19)22)14(21)9-12-15-11(4-6-20(12)2)8-13-16(17(15)23-3)26-10-25-13/h8,12H,4-7,9-10H2,1-3H3. The monoisotopic (exact) mass is 361 g/mol. The fourth-order valence-corrected chi connectivity index (χ4v) is 4.05. The summed E-state index contributed by atoms with van der Waals surface area (Å²) in [5, 5.41) is 0. The molecule has 0 N–H and O–H groups in total. The number of hydrogen-bond acceptors (Lipinski definition) is 7. The SMILES string of the molecule is COc1c2c(cc3c1C(CC(=O)C1(C)CCOC1=O)N(C)CC3)OCO2. The summed E-state index contributed by atoms with van der Waals surface area (Å²) in [5.41, 5.74) is 0.997. The minimum absolute atomic E-state index is 0.0931. The number of nitrogens with zero attached hydrogens (tertiary/aromatic N) is 1. The predicted molar refractivity (Wildman–Crippen MR) is 91.5 cm³/mol. The second-order valence-electron chi connectivity index (χ2n) is 7.31. The number of rotatable bonds is 4. The van der Waals surface area contributed by atoms with E-state index in [0.717, 1.165) is 24.1 Å². The molecule has 0 radical (unpaired) electrons. The number of cyclic esters (lactones) is 1. The Kier molecular flexibility index (Phi) is 4.06. The molecule has 0 aliphatic carbocycles. The minimum atomic E-state index is -1.05. The van der Waals surface area contributed by atoms with E-state index in [-0.39, 0.29) is 25.0 Å². The Morgan fingerprint density at radius 2 is 2.19 bits per heavy atom. The third-order valence-electron chi connectivity index (χ3n) is 5.83. The minimum Gasteiger partial charge on any atom is -0.492 e. The first-order chi connectivity index (χ1) is 12.5. The van der Waals surface area contributed by atoms with Gasteiger partial charge in [0.25, 0.3) is 0 Å². The van der Waals surface area contributed by atoms with E-state index in [1.165, 1.54) is 0 Å². The number of benzene rings is 1. The zero-order valence-corrected chi connectivity index (χ0v) is 15.3. The number of hydrogen-bond donors (Lipinski definition) is 0. The van der Waals surface area contributed by atoms with E-state index in [0.29, 0.717) is 30.3 Å². The van der Waals surface area contributed by atoms with Gasteiger partial charge in [-0.15, -0.1) is 0 Å². The molecule has 2 unspecified atom stereocenters. The van der Waals surface area contributed by atoms with Gasteiger partial charge in [0, 0.05) is 31.0 Å². The number of carbonyl (C=O) groups excluding carboxylic acids is 2. The first-order valence-electron chi connectivity index (χ1n) is 8.86. The van der Waals surface area contributed by atoms with Crippen molar-refractivity contribution in [3.63, 3.8) is 0 Å². The Balaban J connectivity index is 1.72. The highest BCUT2D eigenvalue weighted by molar-refractivity contribution is 6.04. The fraction of sp³-hybridized carbons (Fsp3) is 0.579. The molecule has 0 amide bonds.